The molecule has 0 aliphatic heterocycles. The lowest BCUT2D eigenvalue weighted by atomic mass is 10.2. The van der Waals surface area contributed by atoms with Crippen LogP contribution in [-0.4, -0.2) is 24.3 Å². The standard InChI is InChI=1S/C19H20Cl2FNO2S/c1-2-18(25-15-6-4-14(22)5-7-15)19(24)23-9-10-26-12-13-3-8-16(20)17(21)11-13/h3-8,11,18H,2,9-10,12H2,1H3,(H,23,24)/t18-/m0/s1. The highest BCUT2D eigenvalue weighted by molar-refractivity contribution is 7.98. The number of halogens is 3. The fourth-order valence-electron chi connectivity index (χ4n) is 2.18. The topological polar surface area (TPSA) is 38.3 Å². The molecule has 1 amide bonds. The van der Waals surface area contributed by atoms with Crippen molar-refractivity contribution in [3.05, 3.63) is 63.9 Å². The minimum absolute atomic E-state index is 0.174. The second kappa shape index (κ2) is 10.7. The smallest absolute Gasteiger partial charge is 0.261 e. The van der Waals surface area contributed by atoms with E-state index in [1.54, 1.807) is 17.8 Å². The van der Waals surface area contributed by atoms with Crippen LogP contribution in [0, 0.1) is 5.82 Å². The molecule has 0 aromatic heterocycles. The molecule has 1 atom stereocenters. The number of hydrogen-bond donors (Lipinski definition) is 1. The third-order valence-corrected chi connectivity index (χ3v) is 5.32. The van der Waals surface area contributed by atoms with Crippen molar-refractivity contribution in [2.75, 3.05) is 12.3 Å². The third-order valence-electron chi connectivity index (χ3n) is 3.55. The Morgan fingerprint density at radius 3 is 2.58 bits per heavy atom. The number of amides is 1. The van der Waals surface area contributed by atoms with Crippen molar-refractivity contribution in [2.45, 2.75) is 25.2 Å². The predicted molar refractivity (Wildman–Crippen MR) is 107 cm³/mol. The van der Waals surface area contributed by atoms with E-state index in [0.29, 0.717) is 28.8 Å². The molecule has 0 saturated heterocycles. The Bertz CT molecular complexity index is 728. The highest BCUT2D eigenvalue weighted by Crippen LogP contribution is 2.24. The minimum atomic E-state index is -0.597. The molecule has 2 aromatic rings. The number of thioether (sulfide) groups is 1. The molecule has 2 rings (SSSR count). The summed E-state index contributed by atoms with van der Waals surface area (Å²) in [6.45, 7) is 2.40. The lowest BCUT2D eigenvalue weighted by Crippen LogP contribution is -2.39. The van der Waals surface area contributed by atoms with Crippen molar-refractivity contribution in [1.29, 1.82) is 0 Å². The number of carbonyl (C=O) groups is 1. The van der Waals surface area contributed by atoms with E-state index in [0.717, 1.165) is 17.1 Å². The van der Waals surface area contributed by atoms with Gasteiger partial charge in [0.15, 0.2) is 6.10 Å². The van der Waals surface area contributed by atoms with Gasteiger partial charge in [-0.25, -0.2) is 4.39 Å². The Kier molecular flexibility index (Phi) is 8.55. The van der Waals surface area contributed by atoms with E-state index >= 15 is 0 Å². The third kappa shape index (κ3) is 6.71. The summed E-state index contributed by atoms with van der Waals surface area (Å²) in [6.07, 6.45) is -0.0693. The van der Waals surface area contributed by atoms with Gasteiger partial charge in [0.2, 0.25) is 0 Å². The summed E-state index contributed by atoms with van der Waals surface area (Å²) >= 11 is 13.6. The fourth-order valence-corrected chi connectivity index (χ4v) is 3.31. The van der Waals surface area contributed by atoms with Crippen molar-refractivity contribution in [3.63, 3.8) is 0 Å². The van der Waals surface area contributed by atoms with Gasteiger partial charge in [-0.1, -0.05) is 36.2 Å². The minimum Gasteiger partial charge on any atom is -0.481 e. The van der Waals surface area contributed by atoms with Crippen LogP contribution < -0.4 is 10.1 Å². The first-order chi connectivity index (χ1) is 12.5. The lowest BCUT2D eigenvalue weighted by molar-refractivity contribution is -0.127. The lowest BCUT2D eigenvalue weighted by Gasteiger charge is -2.17. The van der Waals surface area contributed by atoms with Gasteiger partial charge in [-0.15, -0.1) is 0 Å². The number of hydrogen-bond acceptors (Lipinski definition) is 3. The van der Waals surface area contributed by atoms with Crippen molar-refractivity contribution in [2.24, 2.45) is 0 Å². The van der Waals surface area contributed by atoms with Crippen LogP contribution in [-0.2, 0) is 10.5 Å². The maximum absolute atomic E-state index is 12.9. The van der Waals surface area contributed by atoms with E-state index in [-0.39, 0.29) is 11.7 Å². The number of carbonyl (C=O) groups excluding carboxylic acids is 1. The van der Waals surface area contributed by atoms with E-state index < -0.39 is 6.10 Å². The average Bonchev–Trinajstić information content (AvgIpc) is 2.63. The van der Waals surface area contributed by atoms with Crippen molar-refractivity contribution < 1.29 is 13.9 Å². The summed E-state index contributed by atoms with van der Waals surface area (Å²) in [5, 5.41) is 3.95. The molecule has 2 aromatic carbocycles. The van der Waals surface area contributed by atoms with Crippen molar-refractivity contribution in [3.8, 4) is 5.75 Å². The average molecular weight is 416 g/mol. The van der Waals surface area contributed by atoms with E-state index in [4.69, 9.17) is 27.9 Å². The molecule has 0 spiro atoms. The van der Waals surface area contributed by atoms with Gasteiger partial charge in [0, 0.05) is 18.1 Å². The van der Waals surface area contributed by atoms with Gasteiger partial charge in [0.05, 0.1) is 10.0 Å². The normalized spacial score (nSPS) is 11.8. The van der Waals surface area contributed by atoms with Crippen LogP contribution in [0.3, 0.4) is 0 Å². The molecular formula is C19H20Cl2FNO2S. The summed E-state index contributed by atoms with van der Waals surface area (Å²) in [4.78, 5) is 12.2. The Labute approximate surface area is 167 Å². The van der Waals surface area contributed by atoms with Gasteiger partial charge in [-0.05, 0) is 48.4 Å². The molecular weight excluding hydrogens is 396 g/mol. The summed E-state index contributed by atoms with van der Waals surface area (Å²) in [6, 6.07) is 11.2. The van der Waals surface area contributed by atoms with Crippen LogP contribution in [0.1, 0.15) is 18.9 Å². The highest BCUT2D eigenvalue weighted by atomic mass is 35.5. The Hall–Kier alpha value is -1.43. The first-order valence-electron chi connectivity index (χ1n) is 8.21. The summed E-state index contributed by atoms with van der Waals surface area (Å²) in [5.74, 6) is 1.51. The van der Waals surface area contributed by atoms with E-state index in [9.17, 15) is 9.18 Å². The first kappa shape index (κ1) is 20.9. The van der Waals surface area contributed by atoms with E-state index in [2.05, 4.69) is 5.32 Å². The van der Waals surface area contributed by atoms with Gasteiger partial charge in [-0.2, -0.15) is 11.8 Å². The predicted octanol–water partition coefficient (Wildman–Crippen LogP) is 5.34. The van der Waals surface area contributed by atoms with Gasteiger partial charge < -0.3 is 10.1 Å². The molecule has 1 N–H and O–H groups in total. The highest BCUT2D eigenvalue weighted by Gasteiger charge is 2.17. The number of ether oxygens (including phenoxy) is 1. The van der Waals surface area contributed by atoms with Crippen LogP contribution in [0.5, 0.6) is 5.75 Å². The van der Waals surface area contributed by atoms with E-state index in [1.165, 1.54) is 24.3 Å². The maximum atomic E-state index is 12.9. The molecule has 3 nitrogen and oxygen atoms in total. The first-order valence-corrected chi connectivity index (χ1v) is 10.1. The van der Waals surface area contributed by atoms with Crippen LogP contribution >= 0.6 is 35.0 Å². The van der Waals surface area contributed by atoms with Gasteiger partial charge in [-0.3, -0.25) is 4.79 Å². The van der Waals surface area contributed by atoms with Gasteiger partial charge in [0.1, 0.15) is 11.6 Å². The summed E-state index contributed by atoms with van der Waals surface area (Å²) in [5.41, 5.74) is 1.09. The molecule has 26 heavy (non-hydrogen) atoms. The second-order valence-electron chi connectivity index (χ2n) is 5.56. The molecule has 0 fully saturated rings. The molecule has 0 saturated carbocycles. The van der Waals surface area contributed by atoms with Gasteiger partial charge in [0.25, 0.3) is 5.91 Å². The fraction of sp³-hybridized carbons (Fsp3) is 0.316. The van der Waals surface area contributed by atoms with Gasteiger partial charge >= 0.3 is 0 Å². The Morgan fingerprint density at radius 2 is 1.92 bits per heavy atom. The summed E-state index contributed by atoms with van der Waals surface area (Å²) < 4.78 is 18.5. The zero-order chi connectivity index (χ0) is 18.9. The molecule has 0 radical (unpaired) electrons. The molecule has 0 bridgehead atoms. The number of nitrogens with one attached hydrogen (secondary N) is 1. The van der Waals surface area contributed by atoms with Crippen LogP contribution in [0.25, 0.3) is 0 Å². The van der Waals surface area contributed by atoms with Crippen LogP contribution in [0.4, 0.5) is 4.39 Å². The van der Waals surface area contributed by atoms with Crippen LogP contribution in [0.2, 0.25) is 10.0 Å². The summed E-state index contributed by atoms with van der Waals surface area (Å²) in [7, 11) is 0. The molecule has 0 aliphatic carbocycles. The van der Waals surface area contributed by atoms with Crippen molar-refractivity contribution in [1.82, 2.24) is 5.32 Å². The quantitative estimate of drug-likeness (QED) is 0.561. The molecule has 7 heteroatoms. The Balaban J connectivity index is 1.70. The molecule has 140 valence electrons. The monoisotopic (exact) mass is 415 g/mol. The molecule has 0 aliphatic rings. The second-order valence-corrected chi connectivity index (χ2v) is 7.48. The SMILES string of the molecule is CC[C@H](Oc1ccc(F)cc1)C(=O)NCCSCc1ccc(Cl)c(Cl)c1. The maximum Gasteiger partial charge on any atom is 0.261 e. The molecule has 0 unspecified atom stereocenters. The number of benzene rings is 2. The molecule has 0 heterocycles. The Morgan fingerprint density at radius 1 is 1.19 bits per heavy atom. The largest absolute Gasteiger partial charge is 0.481 e. The number of rotatable bonds is 9. The van der Waals surface area contributed by atoms with E-state index in [1.807, 2.05) is 19.1 Å². The van der Waals surface area contributed by atoms with Crippen LogP contribution in [0.15, 0.2) is 42.5 Å². The van der Waals surface area contributed by atoms with Crippen molar-refractivity contribution >= 4 is 40.9 Å². The zero-order valence-electron chi connectivity index (χ0n) is 14.3. The zero-order valence-corrected chi connectivity index (χ0v) is 16.6.